The molecule has 0 aromatic heterocycles. The van der Waals surface area contributed by atoms with Crippen LogP contribution in [0.15, 0.2) is 0 Å². The Morgan fingerprint density at radius 1 is 1.24 bits per heavy atom. The molecule has 2 N–H and O–H groups in total. The summed E-state index contributed by atoms with van der Waals surface area (Å²) in [7, 11) is 0. The molecule has 0 unspecified atom stereocenters. The lowest BCUT2D eigenvalue weighted by Crippen LogP contribution is -2.48. The van der Waals surface area contributed by atoms with Crippen molar-refractivity contribution < 1.29 is 14.3 Å². The molecule has 0 saturated carbocycles. The first-order valence-electron chi connectivity index (χ1n) is 5.24. The van der Waals surface area contributed by atoms with Gasteiger partial charge in [0, 0.05) is 13.1 Å². The molecule has 1 saturated heterocycles. The molecule has 1 aliphatic heterocycles. The fourth-order valence-corrected chi connectivity index (χ4v) is 1.95. The maximum Gasteiger partial charge on any atom is 0.232 e. The average Bonchev–Trinajstić information content (AvgIpc) is 2.27. The minimum Gasteiger partial charge on any atom is -0.372 e. The molecule has 1 rings (SSSR count). The highest BCUT2D eigenvalue weighted by Gasteiger charge is 2.24. The smallest absolute Gasteiger partial charge is 0.232 e. The molecule has 0 aliphatic carbocycles. The molecule has 0 bridgehead atoms. The molecule has 7 heteroatoms. The monoisotopic (exact) mass is 468 g/mol. The first-order chi connectivity index (χ1) is 7.90. The van der Waals surface area contributed by atoms with Crippen molar-refractivity contribution in [2.45, 2.75) is 26.1 Å². The van der Waals surface area contributed by atoms with Crippen LogP contribution in [0.25, 0.3) is 0 Å². The summed E-state index contributed by atoms with van der Waals surface area (Å²) >= 11 is 4.00. The Labute approximate surface area is 129 Å². The van der Waals surface area contributed by atoms with Gasteiger partial charge in [0.15, 0.2) is 0 Å². The fourth-order valence-electron chi connectivity index (χ4n) is 1.47. The van der Waals surface area contributed by atoms with Gasteiger partial charge in [-0.25, -0.2) is 0 Å². The van der Waals surface area contributed by atoms with Gasteiger partial charge in [-0.2, -0.15) is 0 Å². The van der Waals surface area contributed by atoms with Crippen LogP contribution >= 0.6 is 45.2 Å². The lowest BCUT2D eigenvalue weighted by molar-refractivity contribution is -0.140. The normalized spacial score (nSPS) is 23.6. The number of hydrogen-bond acceptors (Lipinski definition) is 3. The highest BCUT2D eigenvalue weighted by atomic mass is 127. The number of hydrogen-bond donors (Lipinski definition) is 1. The van der Waals surface area contributed by atoms with E-state index in [9.17, 15) is 9.59 Å². The lowest BCUT2D eigenvalue weighted by Gasteiger charge is -2.35. The van der Waals surface area contributed by atoms with Crippen molar-refractivity contribution in [1.82, 2.24) is 4.90 Å². The zero-order valence-corrected chi connectivity index (χ0v) is 14.3. The molecule has 1 aliphatic rings. The number of nitrogens with two attached hydrogens (primary N) is 1. The van der Waals surface area contributed by atoms with E-state index in [1.54, 1.807) is 0 Å². The maximum atomic E-state index is 11.3. The molecule has 0 spiro atoms. The van der Waals surface area contributed by atoms with Crippen molar-refractivity contribution in [2.75, 3.05) is 21.9 Å². The topological polar surface area (TPSA) is 72.6 Å². The molecule has 0 aromatic carbocycles. The highest BCUT2D eigenvalue weighted by Crippen LogP contribution is 2.11. The third kappa shape index (κ3) is 8.14. The van der Waals surface area contributed by atoms with Gasteiger partial charge in [0.05, 0.1) is 21.1 Å². The van der Waals surface area contributed by atoms with E-state index in [4.69, 9.17) is 4.74 Å². The van der Waals surface area contributed by atoms with E-state index < -0.39 is 0 Å². The molecular formula is C10H18I2N2O3. The summed E-state index contributed by atoms with van der Waals surface area (Å²) in [5.74, 6) is -0.0387. The Hall–Kier alpha value is 0.360. The number of halogens is 2. The molecule has 100 valence electrons. The molecule has 17 heavy (non-hydrogen) atoms. The Balaban J connectivity index is 0.000000437. The summed E-state index contributed by atoms with van der Waals surface area (Å²) in [6.45, 7) is 5.49. The Morgan fingerprint density at radius 2 is 1.65 bits per heavy atom. The van der Waals surface area contributed by atoms with Gasteiger partial charge < -0.3 is 15.4 Å². The van der Waals surface area contributed by atoms with E-state index in [0.29, 0.717) is 8.86 Å². The summed E-state index contributed by atoms with van der Waals surface area (Å²) in [4.78, 5) is 22.8. The van der Waals surface area contributed by atoms with Crippen LogP contribution in [0.3, 0.4) is 0 Å². The highest BCUT2D eigenvalue weighted by molar-refractivity contribution is 14.1. The molecule has 1 heterocycles. The second kappa shape index (κ2) is 9.31. The summed E-state index contributed by atoms with van der Waals surface area (Å²) in [5.41, 5.74) is 4.65. The number of nitrogens with zero attached hydrogens (tertiary/aromatic N) is 1. The third-order valence-corrected chi connectivity index (χ3v) is 3.42. The summed E-state index contributed by atoms with van der Waals surface area (Å²) < 4.78 is 6.50. The minimum atomic E-state index is -0.259. The quantitative estimate of drug-likeness (QED) is 0.485. The van der Waals surface area contributed by atoms with Gasteiger partial charge in [-0.1, -0.05) is 45.2 Å². The molecule has 0 radical (unpaired) electrons. The minimum absolute atomic E-state index is 0.181. The van der Waals surface area contributed by atoms with Gasteiger partial charge in [-0.15, -0.1) is 0 Å². The zero-order chi connectivity index (χ0) is 13.4. The van der Waals surface area contributed by atoms with Gasteiger partial charge in [-0.05, 0) is 13.8 Å². The van der Waals surface area contributed by atoms with Crippen LogP contribution in [-0.2, 0) is 14.3 Å². The number of rotatable bonds is 2. The number of ether oxygens (including phenoxy) is 1. The summed E-state index contributed by atoms with van der Waals surface area (Å²) in [5, 5.41) is 0. The molecule has 1 fully saturated rings. The van der Waals surface area contributed by atoms with Crippen molar-refractivity contribution in [1.29, 1.82) is 0 Å². The van der Waals surface area contributed by atoms with Crippen molar-refractivity contribution in [2.24, 2.45) is 5.73 Å². The number of morpholine rings is 1. The Kier molecular flexibility index (Phi) is 9.51. The van der Waals surface area contributed by atoms with Gasteiger partial charge in [-0.3, -0.25) is 9.59 Å². The second-order valence-electron chi connectivity index (χ2n) is 3.79. The van der Waals surface area contributed by atoms with Crippen LogP contribution in [0, 0.1) is 0 Å². The Morgan fingerprint density at radius 3 is 1.94 bits per heavy atom. The number of alkyl halides is 2. The number of carbonyl (C=O) groups is 2. The van der Waals surface area contributed by atoms with Crippen molar-refractivity contribution >= 4 is 57.0 Å². The largest absolute Gasteiger partial charge is 0.372 e. The summed E-state index contributed by atoms with van der Waals surface area (Å²) in [6.07, 6.45) is 0.362. The average molecular weight is 468 g/mol. The number of amides is 2. The third-order valence-electron chi connectivity index (χ3n) is 2.02. The number of primary amides is 1. The predicted octanol–water partition coefficient (Wildman–Crippen LogP) is 0.964. The van der Waals surface area contributed by atoms with Crippen LogP contribution in [0.1, 0.15) is 13.8 Å². The first-order valence-corrected chi connectivity index (χ1v) is 8.29. The van der Waals surface area contributed by atoms with Crippen LogP contribution in [0.4, 0.5) is 0 Å². The van der Waals surface area contributed by atoms with E-state index in [1.165, 1.54) is 0 Å². The van der Waals surface area contributed by atoms with Crippen LogP contribution in [0.2, 0.25) is 0 Å². The molecule has 5 nitrogen and oxygen atoms in total. The molecule has 2 amide bonds. The standard InChI is InChI=1S/C8H14INO2.C2H4INO/c1-6-4-10(8(11)3-9)5-7(2)12-6;3-1-2(4)5/h6-7H,3-5H2,1-2H3;1H2,(H2,4,5)/t6-,7+;. The maximum absolute atomic E-state index is 11.3. The summed E-state index contributed by atoms with van der Waals surface area (Å²) in [6, 6.07) is 0. The molecular weight excluding hydrogens is 450 g/mol. The van der Waals surface area contributed by atoms with E-state index in [1.807, 2.05) is 41.3 Å². The van der Waals surface area contributed by atoms with Crippen LogP contribution < -0.4 is 5.73 Å². The van der Waals surface area contributed by atoms with Gasteiger partial charge >= 0.3 is 0 Å². The predicted molar refractivity (Wildman–Crippen MR) is 83.6 cm³/mol. The SMILES string of the molecule is C[C@@H]1CN(C(=O)CI)C[C@H](C)O1.NC(=O)CI. The van der Waals surface area contributed by atoms with Crippen LogP contribution in [-0.4, -0.2) is 50.9 Å². The van der Waals surface area contributed by atoms with E-state index in [0.717, 1.165) is 13.1 Å². The van der Waals surface area contributed by atoms with Crippen molar-refractivity contribution in [3.63, 3.8) is 0 Å². The van der Waals surface area contributed by atoms with Gasteiger partial charge in [0.1, 0.15) is 0 Å². The van der Waals surface area contributed by atoms with Gasteiger partial charge in [0.2, 0.25) is 11.8 Å². The molecule has 0 aromatic rings. The van der Waals surface area contributed by atoms with E-state index >= 15 is 0 Å². The lowest BCUT2D eigenvalue weighted by atomic mass is 10.2. The second-order valence-corrected chi connectivity index (χ2v) is 5.32. The Bertz CT molecular complexity index is 254. The first kappa shape index (κ1) is 17.4. The fraction of sp³-hybridized carbons (Fsp3) is 0.800. The zero-order valence-electron chi connectivity index (χ0n) is 9.99. The van der Waals surface area contributed by atoms with Crippen molar-refractivity contribution in [3.05, 3.63) is 0 Å². The van der Waals surface area contributed by atoms with E-state index in [-0.39, 0.29) is 24.0 Å². The van der Waals surface area contributed by atoms with Crippen LogP contribution in [0.5, 0.6) is 0 Å². The van der Waals surface area contributed by atoms with Crippen molar-refractivity contribution in [3.8, 4) is 0 Å². The molecule has 2 atom stereocenters. The van der Waals surface area contributed by atoms with Gasteiger partial charge in [0.25, 0.3) is 0 Å². The number of carbonyl (C=O) groups excluding carboxylic acids is 2. The van der Waals surface area contributed by atoms with E-state index in [2.05, 4.69) is 28.3 Å².